The van der Waals surface area contributed by atoms with E-state index in [1.807, 2.05) is 6.20 Å². The molecule has 1 fully saturated rings. The number of carbonyl (C=O) groups is 1. The maximum Gasteiger partial charge on any atom is 0.335 e. The predicted octanol–water partition coefficient (Wildman–Crippen LogP) is 0.273. The number of nitrogens with zero attached hydrogens (tertiary/aromatic N) is 3. The normalized spacial score (nSPS) is 18.9. The third-order valence-corrected chi connectivity index (χ3v) is 3.87. The molecule has 0 atom stereocenters. The average Bonchev–Trinajstić information content (AvgIpc) is 3.03. The van der Waals surface area contributed by atoms with Gasteiger partial charge in [-0.2, -0.15) is 0 Å². The van der Waals surface area contributed by atoms with Gasteiger partial charge in [-0.15, -0.1) is 0 Å². The Kier molecular flexibility index (Phi) is 4.55. The molecule has 0 unspecified atom stereocenters. The highest BCUT2D eigenvalue weighted by Crippen LogP contribution is 2.16. The summed E-state index contributed by atoms with van der Waals surface area (Å²) in [6.07, 6.45) is 3.53. The standard InChI is InChI=1S/C15H20N4O3/c20-15(21)12-1-2-16-13(9-12)14-10-19(11-17-14)4-3-18-5-7-22-8-6-18/h1-2,9-10,17H,3-8,11H2,(H,20,21). The molecule has 0 aromatic carbocycles. The summed E-state index contributed by atoms with van der Waals surface area (Å²) >= 11 is 0. The Balaban J connectivity index is 1.59. The van der Waals surface area contributed by atoms with Crippen molar-refractivity contribution in [2.24, 2.45) is 0 Å². The zero-order chi connectivity index (χ0) is 15.4. The number of morpholine rings is 1. The number of hydrogen-bond donors (Lipinski definition) is 2. The average molecular weight is 304 g/mol. The Labute approximate surface area is 129 Å². The maximum absolute atomic E-state index is 11.0. The van der Waals surface area contributed by atoms with Crippen molar-refractivity contribution in [3.63, 3.8) is 0 Å². The number of carboxylic acids is 1. The summed E-state index contributed by atoms with van der Waals surface area (Å²) in [6, 6.07) is 3.09. The quantitative estimate of drug-likeness (QED) is 0.808. The molecule has 7 heteroatoms. The molecule has 3 rings (SSSR count). The maximum atomic E-state index is 11.0. The fraction of sp³-hybridized carbons (Fsp3) is 0.467. The second-order valence-electron chi connectivity index (χ2n) is 5.38. The second kappa shape index (κ2) is 6.76. The zero-order valence-corrected chi connectivity index (χ0v) is 12.4. The lowest BCUT2D eigenvalue weighted by molar-refractivity contribution is 0.0354. The minimum absolute atomic E-state index is 0.250. The lowest BCUT2D eigenvalue weighted by atomic mass is 10.2. The minimum atomic E-state index is -0.938. The molecule has 0 spiro atoms. The van der Waals surface area contributed by atoms with Gasteiger partial charge < -0.3 is 20.1 Å². The van der Waals surface area contributed by atoms with Gasteiger partial charge in [0.25, 0.3) is 0 Å². The molecular formula is C15H20N4O3. The van der Waals surface area contributed by atoms with E-state index in [0.29, 0.717) is 5.69 Å². The van der Waals surface area contributed by atoms with Gasteiger partial charge in [0.2, 0.25) is 0 Å². The number of nitrogens with one attached hydrogen (secondary N) is 1. The van der Waals surface area contributed by atoms with Crippen molar-refractivity contribution in [3.05, 3.63) is 35.8 Å². The van der Waals surface area contributed by atoms with Gasteiger partial charge in [-0.25, -0.2) is 4.79 Å². The molecule has 2 aliphatic heterocycles. The molecule has 118 valence electrons. The molecule has 1 aromatic heterocycles. The summed E-state index contributed by atoms with van der Waals surface area (Å²) < 4.78 is 5.34. The van der Waals surface area contributed by atoms with E-state index < -0.39 is 5.97 Å². The Bertz CT molecular complexity index is 570. The van der Waals surface area contributed by atoms with Crippen molar-refractivity contribution in [1.29, 1.82) is 0 Å². The summed E-state index contributed by atoms with van der Waals surface area (Å²) in [6.45, 7) is 6.24. The lowest BCUT2D eigenvalue weighted by Crippen LogP contribution is -2.40. The molecule has 0 radical (unpaired) electrons. The zero-order valence-electron chi connectivity index (χ0n) is 12.4. The van der Waals surface area contributed by atoms with E-state index in [0.717, 1.165) is 51.8 Å². The fourth-order valence-corrected chi connectivity index (χ4v) is 2.57. The van der Waals surface area contributed by atoms with Crippen LogP contribution in [0.2, 0.25) is 0 Å². The van der Waals surface area contributed by atoms with Crippen LogP contribution >= 0.6 is 0 Å². The Hall–Kier alpha value is -2.12. The van der Waals surface area contributed by atoms with E-state index in [9.17, 15) is 4.79 Å². The number of rotatable bonds is 5. The summed E-state index contributed by atoms with van der Waals surface area (Å²) in [4.78, 5) is 19.8. The topological polar surface area (TPSA) is 77.9 Å². The summed E-state index contributed by atoms with van der Waals surface area (Å²) in [5.74, 6) is -0.938. The van der Waals surface area contributed by atoms with E-state index in [-0.39, 0.29) is 5.56 Å². The summed E-state index contributed by atoms with van der Waals surface area (Å²) in [5, 5.41) is 12.3. The van der Waals surface area contributed by atoms with Gasteiger partial charge in [-0.3, -0.25) is 9.88 Å². The van der Waals surface area contributed by atoms with Crippen LogP contribution in [-0.2, 0) is 4.74 Å². The van der Waals surface area contributed by atoms with Crippen LogP contribution in [0.25, 0.3) is 5.70 Å². The van der Waals surface area contributed by atoms with Gasteiger partial charge in [0.05, 0.1) is 36.8 Å². The van der Waals surface area contributed by atoms with Crippen molar-refractivity contribution in [3.8, 4) is 0 Å². The van der Waals surface area contributed by atoms with E-state index in [1.165, 1.54) is 12.3 Å². The number of carboxylic acid groups (broad SMARTS) is 1. The van der Waals surface area contributed by atoms with E-state index >= 15 is 0 Å². The highest BCUT2D eigenvalue weighted by Gasteiger charge is 2.17. The molecule has 0 saturated carbocycles. The first-order valence-corrected chi connectivity index (χ1v) is 7.42. The number of aromatic carboxylic acids is 1. The predicted molar refractivity (Wildman–Crippen MR) is 81.1 cm³/mol. The minimum Gasteiger partial charge on any atom is -0.478 e. The number of ether oxygens (including phenoxy) is 1. The van der Waals surface area contributed by atoms with Crippen LogP contribution in [0.4, 0.5) is 0 Å². The van der Waals surface area contributed by atoms with Crippen LogP contribution in [-0.4, -0.2) is 71.9 Å². The molecule has 3 heterocycles. The van der Waals surface area contributed by atoms with Crippen LogP contribution in [0.5, 0.6) is 0 Å². The molecule has 7 nitrogen and oxygen atoms in total. The molecule has 22 heavy (non-hydrogen) atoms. The Morgan fingerprint density at radius 3 is 2.95 bits per heavy atom. The molecule has 0 aliphatic carbocycles. The molecule has 0 bridgehead atoms. The van der Waals surface area contributed by atoms with Crippen LogP contribution in [0.3, 0.4) is 0 Å². The van der Waals surface area contributed by atoms with Gasteiger partial charge in [0.15, 0.2) is 0 Å². The van der Waals surface area contributed by atoms with E-state index in [1.54, 1.807) is 6.07 Å². The molecule has 2 aliphatic rings. The number of pyridine rings is 1. The Morgan fingerprint density at radius 1 is 1.36 bits per heavy atom. The second-order valence-corrected chi connectivity index (χ2v) is 5.38. The smallest absolute Gasteiger partial charge is 0.335 e. The van der Waals surface area contributed by atoms with Crippen molar-refractivity contribution in [2.45, 2.75) is 0 Å². The van der Waals surface area contributed by atoms with Crippen molar-refractivity contribution >= 4 is 11.7 Å². The largest absolute Gasteiger partial charge is 0.478 e. The van der Waals surface area contributed by atoms with Gasteiger partial charge in [0.1, 0.15) is 0 Å². The van der Waals surface area contributed by atoms with Crippen molar-refractivity contribution in [2.75, 3.05) is 46.1 Å². The van der Waals surface area contributed by atoms with Crippen LogP contribution in [0.1, 0.15) is 16.1 Å². The highest BCUT2D eigenvalue weighted by atomic mass is 16.5. The van der Waals surface area contributed by atoms with Crippen molar-refractivity contribution < 1.29 is 14.6 Å². The van der Waals surface area contributed by atoms with Gasteiger partial charge in [-0.05, 0) is 12.1 Å². The lowest BCUT2D eigenvalue weighted by Gasteiger charge is -2.28. The van der Waals surface area contributed by atoms with E-state index in [4.69, 9.17) is 9.84 Å². The Morgan fingerprint density at radius 2 is 2.18 bits per heavy atom. The molecule has 1 aromatic rings. The van der Waals surface area contributed by atoms with Gasteiger partial charge >= 0.3 is 5.97 Å². The van der Waals surface area contributed by atoms with Gasteiger partial charge in [-0.1, -0.05) is 0 Å². The SMILES string of the molecule is O=C(O)c1ccnc(C2=CN(CCN3CCOCC3)CN2)c1. The van der Waals surface area contributed by atoms with Crippen LogP contribution in [0.15, 0.2) is 24.5 Å². The van der Waals surface area contributed by atoms with Crippen molar-refractivity contribution in [1.82, 2.24) is 20.1 Å². The molecule has 0 amide bonds. The fourth-order valence-electron chi connectivity index (χ4n) is 2.57. The first-order valence-electron chi connectivity index (χ1n) is 7.42. The molecule has 1 saturated heterocycles. The van der Waals surface area contributed by atoms with Gasteiger partial charge in [0, 0.05) is 38.6 Å². The van der Waals surface area contributed by atoms with Crippen LogP contribution in [0, 0.1) is 0 Å². The number of aromatic nitrogens is 1. The molecular weight excluding hydrogens is 284 g/mol. The highest BCUT2D eigenvalue weighted by molar-refractivity contribution is 5.88. The third-order valence-electron chi connectivity index (χ3n) is 3.87. The van der Waals surface area contributed by atoms with E-state index in [2.05, 4.69) is 20.1 Å². The van der Waals surface area contributed by atoms with Crippen LogP contribution < -0.4 is 5.32 Å². The third kappa shape index (κ3) is 3.55. The monoisotopic (exact) mass is 304 g/mol. The number of hydrogen-bond acceptors (Lipinski definition) is 6. The summed E-state index contributed by atoms with van der Waals surface area (Å²) in [7, 11) is 0. The molecule has 2 N–H and O–H groups in total. The first kappa shape index (κ1) is 14.8. The first-order chi connectivity index (χ1) is 10.7. The summed E-state index contributed by atoms with van der Waals surface area (Å²) in [5.41, 5.74) is 1.78.